The number of para-hydroxylation sites is 1. The molecule has 21 heavy (non-hydrogen) atoms. The fourth-order valence-corrected chi connectivity index (χ4v) is 1.67. The van der Waals surface area contributed by atoms with E-state index in [2.05, 4.69) is 10.5 Å². The second-order valence-corrected chi connectivity index (χ2v) is 4.14. The van der Waals surface area contributed by atoms with Gasteiger partial charge in [0, 0.05) is 17.3 Å². The van der Waals surface area contributed by atoms with Crippen LogP contribution in [0.25, 0.3) is 0 Å². The zero-order valence-electron chi connectivity index (χ0n) is 10.9. The third-order valence-electron chi connectivity index (χ3n) is 2.65. The van der Waals surface area contributed by atoms with E-state index in [0.29, 0.717) is 16.8 Å². The van der Waals surface area contributed by atoms with Gasteiger partial charge in [0.1, 0.15) is 0 Å². The zero-order valence-corrected chi connectivity index (χ0v) is 10.9. The second-order valence-electron chi connectivity index (χ2n) is 4.14. The number of rotatable bonds is 4. The number of nitrogens with one attached hydrogen (secondary N) is 1. The molecule has 2 rings (SSSR count). The lowest BCUT2D eigenvalue weighted by atomic mass is 10.2. The van der Waals surface area contributed by atoms with Gasteiger partial charge < -0.3 is 5.73 Å². The highest BCUT2D eigenvalue weighted by Gasteiger charge is 2.10. The first kappa shape index (κ1) is 14.2. The number of nitrogens with zero attached hydrogens (tertiary/aromatic N) is 2. The van der Waals surface area contributed by atoms with Crippen molar-refractivity contribution in [2.75, 3.05) is 5.73 Å². The number of hydrazone groups is 1. The van der Waals surface area contributed by atoms with Gasteiger partial charge in [0.05, 0.1) is 16.7 Å². The molecule has 0 fully saturated rings. The standard InChI is InChI=1S/C14H12N4O3/c15-12-6-3-5-10(8-12)14(19)17-16-9-11-4-1-2-7-13(11)18(20)21/h1-9H,15H2,(H,17,19)/b16-9-. The monoisotopic (exact) mass is 284 g/mol. The van der Waals surface area contributed by atoms with Crippen molar-refractivity contribution in [2.24, 2.45) is 5.10 Å². The highest BCUT2D eigenvalue weighted by atomic mass is 16.6. The molecule has 0 saturated carbocycles. The molecular formula is C14H12N4O3. The fraction of sp³-hybridized carbons (Fsp3) is 0. The molecule has 0 aliphatic carbocycles. The molecule has 0 aromatic heterocycles. The van der Waals surface area contributed by atoms with Crippen LogP contribution in [0.1, 0.15) is 15.9 Å². The molecule has 0 bridgehead atoms. The summed E-state index contributed by atoms with van der Waals surface area (Å²) in [5.74, 6) is -0.447. The van der Waals surface area contributed by atoms with Crippen LogP contribution in [0.5, 0.6) is 0 Å². The molecule has 0 saturated heterocycles. The number of nitro groups is 1. The molecule has 3 N–H and O–H groups in total. The molecule has 7 nitrogen and oxygen atoms in total. The lowest BCUT2D eigenvalue weighted by molar-refractivity contribution is -0.385. The molecule has 0 aliphatic rings. The smallest absolute Gasteiger partial charge is 0.278 e. The van der Waals surface area contributed by atoms with Crippen LogP contribution in [0.15, 0.2) is 53.6 Å². The Bertz CT molecular complexity index is 713. The van der Waals surface area contributed by atoms with Crippen molar-refractivity contribution in [2.45, 2.75) is 0 Å². The largest absolute Gasteiger partial charge is 0.399 e. The Morgan fingerprint density at radius 3 is 2.71 bits per heavy atom. The van der Waals surface area contributed by atoms with Gasteiger partial charge in [0.15, 0.2) is 0 Å². The molecule has 7 heteroatoms. The molecule has 0 aliphatic heterocycles. The van der Waals surface area contributed by atoms with Crippen LogP contribution in [-0.2, 0) is 0 Å². The Kier molecular flexibility index (Phi) is 4.25. The van der Waals surface area contributed by atoms with Crippen molar-refractivity contribution in [3.8, 4) is 0 Å². The highest BCUT2D eigenvalue weighted by molar-refractivity contribution is 5.95. The minimum atomic E-state index is -0.513. The zero-order chi connectivity index (χ0) is 15.2. The van der Waals surface area contributed by atoms with E-state index in [0.717, 1.165) is 0 Å². The normalized spacial score (nSPS) is 10.5. The molecular weight excluding hydrogens is 272 g/mol. The minimum Gasteiger partial charge on any atom is -0.399 e. The summed E-state index contributed by atoms with van der Waals surface area (Å²) in [6, 6.07) is 12.5. The van der Waals surface area contributed by atoms with E-state index in [1.54, 1.807) is 30.3 Å². The summed E-state index contributed by atoms with van der Waals surface area (Å²) in [6.45, 7) is 0. The summed E-state index contributed by atoms with van der Waals surface area (Å²) in [7, 11) is 0. The van der Waals surface area contributed by atoms with Crippen LogP contribution in [0.3, 0.4) is 0 Å². The number of hydrogen-bond donors (Lipinski definition) is 2. The molecule has 0 atom stereocenters. The van der Waals surface area contributed by atoms with Gasteiger partial charge in [-0.15, -0.1) is 0 Å². The predicted octanol–water partition coefficient (Wildman–Crippen LogP) is 1.94. The van der Waals surface area contributed by atoms with E-state index in [4.69, 9.17) is 5.73 Å². The minimum absolute atomic E-state index is 0.0838. The molecule has 0 heterocycles. The fourth-order valence-electron chi connectivity index (χ4n) is 1.67. The predicted molar refractivity (Wildman–Crippen MR) is 79.0 cm³/mol. The first-order valence-electron chi connectivity index (χ1n) is 6.00. The lowest BCUT2D eigenvalue weighted by Gasteiger charge is -2.01. The molecule has 2 aromatic carbocycles. The summed E-state index contributed by atoms with van der Waals surface area (Å²) in [5, 5.41) is 14.5. The van der Waals surface area contributed by atoms with E-state index in [1.807, 2.05) is 0 Å². The van der Waals surface area contributed by atoms with Gasteiger partial charge >= 0.3 is 0 Å². The van der Waals surface area contributed by atoms with Crippen molar-refractivity contribution in [3.05, 3.63) is 69.8 Å². The Morgan fingerprint density at radius 1 is 1.24 bits per heavy atom. The van der Waals surface area contributed by atoms with E-state index >= 15 is 0 Å². The highest BCUT2D eigenvalue weighted by Crippen LogP contribution is 2.15. The van der Waals surface area contributed by atoms with Crippen molar-refractivity contribution in [1.82, 2.24) is 5.43 Å². The number of benzene rings is 2. The van der Waals surface area contributed by atoms with Gasteiger partial charge in [-0.3, -0.25) is 14.9 Å². The first-order valence-corrected chi connectivity index (χ1v) is 6.00. The van der Waals surface area contributed by atoms with Crippen LogP contribution in [0.2, 0.25) is 0 Å². The van der Waals surface area contributed by atoms with E-state index < -0.39 is 10.8 Å². The molecule has 2 aromatic rings. The Hall–Kier alpha value is -3.22. The van der Waals surface area contributed by atoms with E-state index in [1.165, 1.54) is 24.4 Å². The van der Waals surface area contributed by atoms with Crippen molar-refractivity contribution >= 4 is 23.5 Å². The summed E-state index contributed by atoms with van der Waals surface area (Å²) >= 11 is 0. The van der Waals surface area contributed by atoms with Gasteiger partial charge in [-0.25, -0.2) is 5.43 Å². The van der Waals surface area contributed by atoms with Crippen molar-refractivity contribution in [1.29, 1.82) is 0 Å². The quantitative estimate of drug-likeness (QED) is 0.387. The van der Waals surface area contributed by atoms with Gasteiger partial charge in [-0.2, -0.15) is 5.10 Å². The van der Waals surface area contributed by atoms with Crippen LogP contribution in [0, 0.1) is 10.1 Å². The SMILES string of the molecule is Nc1cccc(C(=O)N/N=C\c2ccccc2[N+](=O)[O-])c1. The maximum Gasteiger partial charge on any atom is 0.278 e. The number of nitrogen functional groups attached to an aromatic ring is 1. The van der Waals surface area contributed by atoms with E-state index in [9.17, 15) is 14.9 Å². The van der Waals surface area contributed by atoms with Crippen LogP contribution in [0.4, 0.5) is 11.4 Å². The summed E-state index contributed by atoms with van der Waals surface area (Å²) in [6.07, 6.45) is 1.22. The van der Waals surface area contributed by atoms with Gasteiger partial charge in [0.2, 0.25) is 0 Å². The Labute approximate surface area is 120 Å². The second kappa shape index (κ2) is 6.29. The molecule has 1 amide bonds. The number of amides is 1. The van der Waals surface area contributed by atoms with Crippen molar-refractivity contribution in [3.63, 3.8) is 0 Å². The third-order valence-corrected chi connectivity index (χ3v) is 2.65. The number of hydrogen-bond acceptors (Lipinski definition) is 5. The number of carbonyl (C=O) groups excluding carboxylic acids is 1. The van der Waals surface area contributed by atoms with Crippen LogP contribution in [-0.4, -0.2) is 17.0 Å². The Morgan fingerprint density at radius 2 is 2.00 bits per heavy atom. The molecule has 0 unspecified atom stereocenters. The first-order chi connectivity index (χ1) is 10.1. The molecule has 106 valence electrons. The van der Waals surface area contributed by atoms with Gasteiger partial charge in [-0.1, -0.05) is 18.2 Å². The van der Waals surface area contributed by atoms with Gasteiger partial charge in [-0.05, 0) is 24.3 Å². The maximum atomic E-state index is 11.8. The third kappa shape index (κ3) is 3.63. The number of carbonyl (C=O) groups is 1. The number of nitrogens with two attached hydrogens (primary N) is 1. The number of nitro benzene ring substituents is 1. The summed E-state index contributed by atoms with van der Waals surface area (Å²) in [5.41, 5.74) is 8.91. The summed E-state index contributed by atoms with van der Waals surface area (Å²) < 4.78 is 0. The molecule has 0 spiro atoms. The van der Waals surface area contributed by atoms with Gasteiger partial charge in [0.25, 0.3) is 11.6 Å². The van der Waals surface area contributed by atoms with Crippen molar-refractivity contribution < 1.29 is 9.72 Å². The maximum absolute atomic E-state index is 11.8. The topological polar surface area (TPSA) is 111 Å². The average Bonchev–Trinajstić information content (AvgIpc) is 2.47. The van der Waals surface area contributed by atoms with Crippen LogP contribution >= 0.6 is 0 Å². The Balaban J connectivity index is 2.09. The summed E-state index contributed by atoms with van der Waals surface area (Å²) in [4.78, 5) is 22.1. The van der Waals surface area contributed by atoms with E-state index in [-0.39, 0.29) is 5.69 Å². The average molecular weight is 284 g/mol. The van der Waals surface area contributed by atoms with Crippen LogP contribution < -0.4 is 11.2 Å². The molecule has 0 radical (unpaired) electrons. The lowest BCUT2D eigenvalue weighted by Crippen LogP contribution is -2.17. The number of anilines is 1.